The van der Waals surface area contributed by atoms with Gasteiger partial charge < -0.3 is 9.88 Å². The highest BCUT2D eigenvalue weighted by Crippen LogP contribution is 2.06. The molecule has 1 heterocycles. The summed E-state index contributed by atoms with van der Waals surface area (Å²) in [6.07, 6.45) is 0.298. The number of amides is 1. The molecule has 0 atom stereocenters. The van der Waals surface area contributed by atoms with Crippen molar-refractivity contribution in [2.75, 3.05) is 5.32 Å². The summed E-state index contributed by atoms with van der Waals surface area (Å²) in [4.78, 5) is 23.2. The molecule has 0 saturated carbocycles. The number of para-hydroxylation sites is 1. The van der Waals surface area contributed by atoms with Gasteiger partial charge in [0.1, 0.15) is 0 Å². The first-order chi connectivity index (χ1) is 8.66. The Labute approximate surface area is 109 Å². The minimum Gasteiger partial charge on any atom is -0.326 e. The first-order valence-electron chi connectivity index (χ1n) is 5.66. The minimum atomic E-state index is -0.0845. The van der Waals surface area contributed by atoms with E-state index in [4.69, 9.17) is 0 Å². The Balaban J connectivity index is 1.92. The van der Waals surface area contributed by atoms with Crippen molar-refractivity contribution in [3.8, 4) is 0 Å². The van der Waals surface area contributed by atoms with Crippen molar-refractivity contribution >= 4 is 22.9 Å². The van der Waals surface area contributed by atoms with E-state index < -0.39 is 0 Å². The van der Waals surface area contributed by atoms with Crippen LogP contribution in [0.25, 0.3) is 0 Å². The molecule has 0 fully saturated rings. The number of hydrogen-bond acceptors (Lipinski definition) is 3. The molecule has 1 aromatic heterocycles. The van der Waals surface area contributed by atoms with Crippen molar-refractivity contribution in [3.05, 3.63) is 51.1 Å². The van der Waals surface area contributed by atoms with Gasteiger partial charge in [-0.3, -0.25) is 9.59 Å². The first-order valence-corrected chi connectivity index (χ1v) is 6.54. The van der Waals surface area contributed by atoms with E-state index in [1.165, 1.54) is 0 Å². The molecule has 0 aliphatic carbocycles. The highest BCUT2D eigenvalue weighted by atomic mass is 32.1. The van der Waals surface area contributed by atoms with Crippen molar-refractivity contribution < 1.29 is 4.79 Å². The topological polar surface area (TPSA) is 51.1 Å². The van der Waals surface area contributed by atoms with Gasteiger partial charge in [0, 0.05) is 29.7 Å². The van der Waals surface area contributed by atoms with Crippen molar-refractivity contribution in [1.29, 1.82) is 0 Å². The van der Waals surface area contributed by atoms with E-state index in [0.717, 1.165) is 22.7 Å². The summed E-state index contributed by atoms with van der Waals surface area (Å²) in [7, 11) is 0. The molecule has 0 bridgehead atoms. The molecule has 0 unspecified atom stereocenters. The van der Waals surface area contributed by atoms with Gasteiger partial charge in [-0.25, -0.2) is 0 Å². The lowest BCUT2D eigenvalue weighted by atomic mass is 10.3. The van der Waals surface area contributed by atoms with Crippen LogP contribution in [0.2, 0.25) is 0 Å². The monoisotopic (exact) mass is 262 g/mol. The van der Waals surface area contributed by atoms with Gasteiger partial charge in [0.05, 0.1) is 0 Å². The first kappa shape index (κ1) is 12.6. The summed E-state index contributed by atoms with van der Waals surface area (Å²) in [5.41, 5.74) is 1.68. The van der Waals surface area contributed by atoms with E-state index in [1.54, 1.807) is 9.95 Å². The van der Waals surface area contributed by atoms with Crippen LogP contribution in [0.5, 0.6) is 0 Å². The van der Waals surface area contributed by atoms with E-state index >= 15 is 0 Å². The molecule has 0 aliphatic rings. The fourth-order valence-electron chi connectivity index (χ4n) is 1.63. The molecule has 0 aliphatic heterocycles. The van der Waals surface area contributed by atoms with Crippen LogP contribution in [0.15, 0.2) is 40.5 Å². The second kappa shape index (κ2) is 5.64. The van der Waals surface area contributed by atoms with Gasteiger partial charge in [-0.1, -0.05) is 29.5 Å². The van der Waals surface area contributed by atoms with Crippen molar-refractivity contribution in [2.45, 2.75) is 19.9 Å². The zero-order chi connectivity index (χ0) is 13.0. The number of nitrogens with one attached hydrogen (secondary N) is 1. The number of anilines is 1. The van der Waals surface area contributed by atoms with Crippen molar-refractivity contribution in [2.24, 2.45) is 0 Å². The summed E-state index contributed by atoms with van der Waals surface area (Å²) in [5.74, 6) is -0.0845. The Bertz CT molecular complexity index is 587. The van der Waals surface area contributed by atoms with Gasteiger partial charge in [-0.15, -0.1) is 0 Å². The number of thiazole rings is 1. The quantitative estimate of drug-likeness (QED) is 0.918. The van der Waals surface area contributed by atoms with Gasteiger partial charge in [0.15, 0.2) is 0 Å². The summed E-state index contributed by atoms with van der Waals surface area (Å²) in [6, 6.07) is 9.29. The predicted molar refractivity (Wildman–Crippen MR) is 73.0 cm³/mol. The second-order valence-corrected chi connectivity index (χ2v) is 4.78. The highest BCUT2D eigenvalue weighted by molar-refractivity contribution is 7.07. The summed E-state index contributed by atoms with van der Waals surface area (Å²) in [6.45, 7) is 2.29. The summed E-state index contributed by atoms with van der Waals surface area (Å²) >= 11 is 1.16. The molecule has 2 rings (SSSR count). The van der Waals surface area contributed by atoms with Crippen LogP contribution in [-0.4, -0.2) is 10.5 Å². The van der Waals surface area contributed by atoms with Crippen LogP contribution < -0.4 is 10.2 Å². The van der Waals surface area contributed by atoms with Gasteiger partial charge in [0.25, 0.3) is 0 Å². The van der Waals surface area contributed by atoms with Gasteiger partial charge >= 0.3 is 4.87 Å². The third kappa shape index (κ3) is 3.07. The zero-order valence-corrected chi connectivity index (χ0v) is 10.9. The average Bonchev–Trinajstić information content (AvgIpc) is 2.68. The number of nitrogens with zero attached hydrogens (tertiary/aromatic N) is 1. The zero-order valence-electron chi connectivity index (χ0n) is 10.1. The fourth-order valence-corrected chi connectivity index (χ4v) is 2.39. The largest absolute Gasteiger partial charge is 0.326 e. The molecule has 1 amide bonds. The van der Waals surface area contributed by atoms with Crippen LogP contribution in [0.4, 0.5) is 5.69 Å². The van der Waals surface area contributed by atoms with Gasteiger partial charge in [-0.2, -0.15) is 0 Å². The SMILES string of the molecule is Cc1csc(=O)n1CCC(=O)Nc1ccccc1. The standard InChI is InChI=1S/C13H14N2O2S/c1-10-9-18-13(17)15(10)8-7-12(16)14-11-5-3-2-4-6-11/h2-6,9H,7-8H2,1H3,(H,14,16). The molecule has 2 aromatic rings. The normalized spacial score (nSPS) is 10.3. The number of carbonyl (C=O) groups is 1. The number of benzene rings is 1. The lowest BCUT2D eigenvalue weighted by Gasteiger charge is -2.06. The molecule has 1 N–H and O–H groups in total. The van der Waals surface area contributed by atoms with E-state index in [9.17, 15) is 9.59 Å². The maximum Gasteiger partial charge on any atom is 0.307 e. The van der Waals surface area contributed by atoms with Crippen LogP contribution in [0.1, 0.15) is 12.1 Å². The van der Waals surface area contributed by atoms with E-state index in [0.29, 0.717) is 13.0 Å². The molecule has 0 radical (unpaired) electrons. The number of aryl methyl sites for hydroxylation is 1. The molecule has 1 aromatic carbocycles. The van der Waals surface area contributed by atoms with E-state index in [-0.39, 0.29) is 10.8 Å². The maximum absolute atomic E-state index is 11.7. The summed E-state index contributed by atoms with van der Waals surface area (Å²) in [5, 5.41) is 4.60. The van der Waals surface area contributed by atoms with E-state index in [2.05, 4.69) is 5.32 Å². The predicted octanol–water partition coefficient (Wildman–Crippen LogP) is 2.25. The highest BCUT2D eigenvalue weighted by Gasteiger charge is 2.06. The van der Waals surface area contributed by atoms with Crippen LogP contribution in [0, 0.1) is 6.92 Å². The van der Waals surface area contributed by atoms with Crippen LogP contribution in [-0.2, 0) is 11.3 Å². The number of aromatic nitrogens is 1. The van der Waals surface area contributed by atoms with E-state index in [1.807, 2.05) is 37.3 Å². The van der Waals surface area contributed by atoms with Crippen LogP contribution >= 0.6 is 11.3 Å². The average molecular weight is 262 g/mol. The molecule has 0 spiro atoms. The number of hydrogen-bond donors (Lipinski definition) is 1. The number of carbonyl (C=O) groups excluding carboxylic acids is 1. The Morgan fingerprint density at radius 3 is 2.67 bits per heavy atom. The molecular formula is C13H14N2O2S. The molecular weight excluding hydrogens is 248 g/mol. The van der Waals surface area contributed by atoms with Gasteiger partial charge in [-0.05, 0) is 19.1 Å². The van der Waals surface area contributed by atoms with Crippen molar-refractivity contribution in [3.63, 3.8) is 0 Å². The number of rotatable bonds is 4. The van der Waals surface area contributed by atoms with Gasteiger partial charge in [0.2, 0.25) is 5.91 Å². The fraction of sp³-hybridized carbons (Fsp3) is 0.231. The third-order valence-electron chi connectivity index (χ3n) is 2.60. The summed E-state index contributed by atoms with van der Waals surface area (Å²) < 4.78 is 1.62. The molecule has 0 saturated heterocycles. The maximum atomic E-state index is 11.7. The van der Waals surface area contributed by atoms with Crippen LogP contribution in [0.3, 0.4) is 0 Å². The lowest BCUT2D eigenvalue weighted by molar-refractivity contribution is -0.116. The Morgan fingerprint density at radius 1 is 1.33 bits per heavy atom. The molecule has 18 heavy (non-hydrogen) atoms. The smallest absolute Gasteiger partial charge is 0.307 e. The Hall–Kier alpha value is -1.88. The second-order valence-electron chi connectivity index (χ2n) is 3.96. The Kier molecular flexibility index (Phi) is 3.94. The molecule has 94 valence electrons. The molecule has 5 heteroatoms. The lowest BCUT2D eigenvalue weighted by Crippen LogP contribution is -2.20. The third-order valence-corrected chi connectivity index (χ3v) is 3.48. The Morgan fingerprint density at radius 2 is 2.06 bits per heavy atom. The minimum absolute atomic E-state index is 0.0139. The van der Waals surface area contributed by atoms with Crippen molar-refractivity contribution in [1.82, 2.24) is 4.57 Å². The molecule has 4 nitrogen and oxygen atoms in total.